The van der Waals surface area contributed by atoms with Crippen molar-refractivity contribution in [3.05, 3.63) is 90.0 Å². The van der Waals surface area contributed by atoms with Gasteiger partial charge >= 0.3 is 0 Å². The molecular formula is C24H18N4O2S2. The van der Waals surface area contributed by atoms with E-state index in [1.54, 1.807) is 12.1 Å². The molecule has 3 aromatic carbocycles. The average molecular weight is 459 g/mol. The predicted octanol–water partition coefficient (Wildman–Crippen LogP) is 5.39. The molecule has 0 aliphatic heterocycles. The highest BCUT2D eigenvalue weighted by Gasteiger charge is 2.11. The number of para-hydroxylation sites is 1. The molecule has 0 saturated heterocycles. The monoisotopic (exact) mass is 458 g/mol. The molecule has 6 nitrogen and oxygen atoms in total. The highest BCUT2D eigenvalue weighted by atomic mass is 32.2. The molecule has 0 unspecified atom stereocenters. The molecule has 4 aromatic rings. The molecule has 0 radical (unpaired) electrons. The van der Waals surface area contributed by atoms with Crippen LogP contribution in [0.2, 0.25) is 0 Å². The summed E-state index contributed by atoms with van der Waals surface area (Å²) in [6.07, 6.45) is 0. The van der Waals surface area contributed by atoms with Crippen molar-refractivity contribution < 1.29 is 9.53 Å². The van der Waals surface area contributed by atoms with Crippen LogP contribution >= 0.6 is 23.1 Å². The number of thioether (sulfide) groups is 1. The SMILES string of the molecule is N#Cc1ccc(CSc2nnc(NC(=O)COc3ccccc3-c3ccccc3)s2)cc1. The van der Waals surface area contributed by atoms with E-state index >= 15 is 0 Å². The van der Waals surface area contributed by atoms with Crippen molar-refractivity contribution >= 4 is 34.1 Å². The van der Waals surface area contributed by atoms with Crippen molar-refractivity contribution in [2.75, 3.05) is 11.9 Å². The van der Waals surface area contributed by atoms with Crippen LogP contribution in [0.4, 0.5) is 5.13 Å². The van der Waals surface area contributed by atoms with E-state index in [4.69, 9.17) is 10.00 Å². The molecule has 0 aliphatic carbocycles. The van der Waals surface area contributed by atoms with E-state index in [0.29, 0.717) is 22.2 Å². The molecule has 1 aromatic heterocycles. The molecule has 0 bridgehead atoms. The summed E-state index contributed by atoms with van der Waals surface area (Å²) < 4.78 is 6.52. The number of nitrogens with zero attached hydrogens (tertiary/aromatic N) is 3. The number of ether oxygens (including phenoxy) is 1. The van der Waals surface area contributed by atoms with Crippen LogP contribution in [0.1, 0.15) is 11.1 Å². The second-order valence-corrected chi connectivity index (χ2v) is 8.87. The smallest absolute Gasteiger partial charge is 0.264 e. The summed E-state index contributed by atoms with van der Waals surface area (Å²) in [5, 5.41) is 20.2. The predicted molar refractivity (Wildman–Crippen MR) is 127 cm³/mol. The Hall–Kier alpha value is -3.67. The number of carbonyl (C=O) groups is 1. The molecule has 1 amide bonds. The maximum Gasteiger partial charge on any atom is 0.264 e. The summed E-state index contributed by atoms with van der Waals surface area (Å²) in [6.45, 7) is -0.128. The molecule has 0 aliphatic rings. The van der Waals surface area contributed by atoms with E-state index in [-0.39, 0.29) is 12.5 Å². The first-order valence-corrected chi connectivity index (χ1v) is 11.5. The Morgan fingerprint density at radius 1 is 1.00 bits per heavy atom. The van der Waals surface area contributed by atoms with Gasteiger partial charge in [-0.3, -0.25) is 10.1 Å². The Labute approximate surface area is 193 Å². The van der Waals surface area contributed by atoms with Crippen LogP contribution < -0.4 is 10.1 Å². The minimum atomic E-state index is -0.298. The average Bonchev–Trinajstić information content (AvgIpc) is 3.29. The minimum Gasteiger partial charge on any atom is -0.483 e. The van der Waals surface area contributed by atoms with Gasteiger partial charge in [0, 0.05) is 11.3 Å². The Morgan fingerprint density at radius 2 is 1.75 bits per heavy atom. The van der Waals surface area contributed by atoms with Crippen LogP contribution in [-0.2, 0) is 10.5 Å². The first-order chi connectivity index (χ1) is 15.7. The zero-order valence-corrected chi connectivity index (χ0v) is 18.5. The molecule has 4 rings (SSSR count). The number of rotatable bonds is 8. The molecule has 0 spiro atoms. The quantitative estimate of drug-likeness (QED) is 0.281. The van der Waals surface area contributed by atoms with Crippen molar-refractivity contribution in [1.29, 1.82) is 5.26 Å². The van der Waals surface area contributed by atoms with Crippen LogP contribution in [-0.4, -0.2) is 22.7 Å². The fraction of sp³-hybridized carbons (Fsp3) is 0.0833. The number of anilines is 1. The van der Waals surface area contributed by atoms with Gasteiger partial charge in [0.05, 0.1) is 11.6 Å². The Bertz CT molecular complexity index is 1230. The highest BCUT2D eigenvalue weighted by Crippen LogP contribution is 2.30. The summed E-state index contributed by atoms with van der Waals surface area (Å²) in [7, 11) is 0. The largest absolute Gasteiger partial charge is 0.483 e. The number of hydrogen-bond acceptors (Lipinski definition) is 7. The molecule has 1 heterocycles. The van der Waals surface area contributed by atoms with Crippen molar-refractivity contribution in [2.24, 2.45) is 0 Å². The van der Waals surface area contributed by atoms with Gasteiger partial charge in [0.25, 0.3) is 5.91 Å². The standard InChI is InChI=1S/C24H18N4O2S2/c25-14-17-10-12-18(13-11-17)16-31-24-28-27-23(32-24)26-22(29)15-30-21-9-5-4-8-20(21)19-6-2-1-3-7-19/h1-13H,15-16H2,(H,26,27,29). The van der Waals surface area contributed by atoms with Crippen LogP contribution in [0.25, 0.3) is 11.1 Å². The van der Waals surface area contributed by atoms with Gasteiger partial charge in [-0.2, -0.15) is 5.26 Å². The Kier molecular flexibility index (Phi) is 7.12. The summed E-state index contributed by atoms with van der Waals surface area (Å²) in [4.78, 5) is 12.4. The zero-order valence-electron chi connectivity index (χ0n) is 16.9. The highest BCUT2D eigenvalue weighted by molar-refractivity contribution is 8.00. The number of hydrogen-bond donors (Lipinski definition) is 1. The van der Waals surface area contributed by atoms with Crippen molar-refractivity contribution in [1.82, 2.24) is 10.2 Å². The van der Waals surface area contributed by atoms with E-state index in [2.05, 4.69) is 21.6 Å². The molecule has 0 saturated carbocycles. The molecule has 0 fully saturated rings. The van der Waals surface area contributed by atoms with E-state index in [1.807, 2.05) is 66.7 Å². The normalized spacial score (nSPS) is 10.3. The number of nitriles is 1. The van der Waals surface area contributed by atoms with Crippen molar-refractivity contribution in [3.63, 3.8) is 0 Å². The molecule has 0 atom stereocenters. The Morgan fingerprint density at radius 3 is 2.53 bits per heavy atom. The fourth-order valence-corrected chi connectivity index (χ4v) is 4.61. The van der Waals surface area contributed by atoms with Gasteiger partial charge in [0.2, 0.25) is 5.13 Å². The number of aromatic nitrogens is 2. The van der Waals surface area contributed by atoms with Crippen LogP contribution in [0.3, 0.4) is 0 Å². The third kappa shape index (κ3) is 5.72. The van der Waals surface area contributed by atoms with Gasteiger partial charge in [-0.1, -0.05) is 83.8 Å². The number of benzene rings is 3. The first-order valence-electron chi connectivity index (χ1n) is 9.74. The van der Waals surface area contributed by atoms with E-state index < -0.39 is 0 Å². The van der Waals surface area contributed by atoms with Gasteiger partial charge < -0.3 is 4.74 Å². The number of amides is 1. The molecular weight excluding hydrogens is 440 g/mol. The van der Waals surface area contributed by atoms with Crippen molar-refractivity contribution in [3.8, 4) is 22.9 Å². The minimum absolute atomic E-state index is 0.128. The summed E-state index contributed by atoms with van der Waals surface area (Å²) >= 11 is 2.83. The van der Waals surface area contributed by atoms with Crippen LogP contribution in [0, 0.1) is 11.3 Å². The van der Waals surface area contributed by atoms with Gasteiger partial charge in [0.1, 0.15) is 5.75 Å². The maximum absolute atomic E-state index is 12.4. The lowest BCUT2D eigenvalue weighted by Gasteiger charge is -2.11. The van der Waals surface area contributed by atoms with Gasteiger partial charge in [-0.05, 0) is 29.3 Å². The summed E-state index contributed by atoms with van der Waals surface area (Å²) in [6, 6.07) is 27.0. The fourth-order valence-electron chi connectivity index (χ4n) is 2.89. The summed E-state index contributed by atoms with van der Waals surface area (Å²) in [5.74, 6) is 1.05. The van der Waals surface area contributed by atoms with Gasteiger partial charge in [-0.25, -0.2) is 0 Å². The first kappa shape index (κ1) is 21.6. The second kappa shape index (κ2) is 10.6. The lowest BCUT2D eigenvalue weighted by Crippen LogP contribution is -2.20. The summed E-state index contributed by atoms with van der Waals surface area (Å²) in [5.41, 5.74) is 3.67. The molecule has 32 heavy (non-hydrogen) atoms. The van der Waals surface area contributed by atoms with Crippen LogP contribution in [0.15, 0.2) is 83.2 Å². The third-order valence-corrected chi connectivity index (χ3v) is 6.47. The second-order valence-electron chi connectivity index (χ2n) is 6.67. The maximum atomic E-state index is 12.4. The molecule has 158 valence electrons. The van der Waals surface area contributed by atoms with E-state index in [1.165, 1.54) is 23.1 Å². The zero-order chi connectivity index (χ0) is 22.2. The van der Waals surface area contributed by atoms with Gasteiger partial charge in [-0.15, -0.1) is 10.2 Å². The van der Waals surface area contributed by atoms with Crippen LogP contribution in [0.5, 0.6) is 5.75 Å². The number of nitrogens with one attached hydrogen (secondary N) is 1. The lowest BCUT2D eigenvalue weighted by atomic mass is 10.1. The lowest BCUT2D eigenvalue weighted by molar-refractivity contribution is -0.118. The topological polar surface area (TPSA) is 87.9 Å². The van der Waals surface area contributed by atoms with E-state index in [0.717, 1.165) is 21.0 Å². The van der Waals surface area contributed by atoms with Crippen molar-refractivity contribution in [2.45, 2.75) is 10.1 Å². The van der Waals surface area contributed by atoms with E-state index in [9.17, 15) is 4.79 Å². The molecule has 8 heteroatoms. The third-order valence-electron chi connectivity index (χ3n) is 4.43. The number of carbonyl (C=O) groups excluding carboxylic acids is 1. The molecule has 1 N–H and O–H groups in total. The Balaban J connectivity index is 1.30. The van der Waals surface area contributed by atoms with Gasteiger partial charge in [0.15, 0.2) is 10.9 Å².